The summed E-state index contributed by atoms with van der Waals surface area (Å²) < 4.78 is 2.05. The zero-order valence-corrected chi connectivity index (χ0v) is 22.5. The van der Waals surface area contributed by atoms with E-state index in [1.165, 1.54) is 19.3 Å². The Hall–Kier alpha value is -3.21. The first kappa shape index (κ1) is 25.1. The highest BCUT2D eigenvalue weighted by Gasteiger charge is 2.32. The summed E-state index contributed by atoms with van der Waals surface area (Å²) in [6, 6.07) is 14.2. The predicted molar refractivity (Wildman–Crippen MR) is 148 cm³/mol. The molecule has 1 amide bonds. The Labute approximate surface area is 228 Å². The van der Waals surface area contributed by atoms with Gasteiger partial charge in [0, 0.05) is 53.8 Å². The number of hydrogen-bond donors (Lipinski definition) is 1. The van der Waals surface area contributed by atoms with Crippen LogP contribution in [-0.4, -0.2) is 27.2 Å². The summed E-state index contributed by atoms with van der Waals surface area (Å²) in [7, 11) is 2.00. The second-order valence-electron chi connectivity index (χ2n) is 11.2. The van der Waals surface area contributed by atoms with Crippen molar-refractivity contribution in [3.05, 3.63) is 63.9 Å². The number of fused-ring (bicyclic) bond motifs is 1. The molecule has 0 spiro atoms. The molecule has 0 unspecified atom stereocenters. The molecule has 2 saturated carbocycles. The number of nitrogens with zero attached hydrogens (tertiary/aromatic N) is 5. The van der Waals surface area contributed by atoms with E-state index in [-0.39, 0.29) is 5.91 Å². The largest absolute Gasteiger partial charge is 0.314 e. The van der Waals surface area contributed by atoms with Crippen molar-refractivity contribution in [2.45, 2.75) is 58.0 Å². The van der Waals surface area contributed by atoms with Gasteiger partial charge in [0.05, 0.1) is 12.6 Å². The third-order valence-electron chi connectivity index (χ3n) is 8.60. The third-order valence-corrected chi connectivity index (χ3v) is 8.94. The molecule has 0 saturated heterocycles. The van der Waals surface area contributed by atoms with Crippen molar-refractivity contribution in [2.75, 3.05) is 11.4 Å². The third kappa shape index (κ3) is 4.83. The fourth-order valence-corrected chi connectivity index (χ4v) is 6.35. The Morgan fingerprint density at radius 2 is 1.97 bits per heavy atom. The second-order valence-corrected chi connectivity index (χ2v) is 11.6. The molecule has 196 valence electrons. The Kier molecular flexibility index (Phi) is 6.94. The maximum atomic E-state index is 13.5. The first-order valence-electron chi connectivity index (χ1n) is 13.7. The Bertz CT molecular complexity index is 1400. The summed E-state index contributed by atoms with van der Waals surface area (Å²) in [6.07, 6.45) is 7.66. The average Bonchev–Trinajstić information content (AvgIpc) is 3.39. The monoisotopic (exact) mass is 528 g/mol. The van der Waals surface area contributed by atoms with Crippen molar-refractivity contribution in [1.29, 1.82) is 5.26 Å². The zero-order chi connectivity index (χ0) is 26.2. The van der Waals surface area contributed by atoms with Crippen LogP contribution in [0.4, 0.5) is 5.69 Å². The molecule has 2 aromatic carbocycles. The normalized spacial score (nSPS) is 20.7. The van der Waals surface area contributed by atoms with Gasteiger partial charge < -0.3 is 14.8 Å². The zero-order valence-electron chi connectivity index (χ0n) is 21.8. The molecular weight excluding hydrogens is 496 g/mol. The number of rotatable bonds is 9. The Balaban J connectivity index is 1.16. The van der Waals surface area contributed by atoms with Gasteiger partial charge in [-0.1, -0.05) is 30.2 Å². The van der Waals surface area contributed by atoms with E-state index < -0.39 is 0 Å². The number of nitriles is 1. The number of anilines is 1. The summed E-state index contributed by atoms with van der Waals surface area (Å²) in [5, 5.41) is 22.0. The standard InChI is InChI=1S/C30H33ClN6O/c1-36-28(14-21-10-20(11-21)8-9-32)34-35-29(36)23-6-3-7-24(15-23)37-18-26-25(30(37)38)12-22(13-27(26)31)17-33-16-19-4-2-5-19/h3,6-7,12-13,15,19-21,33H,2,4-5,8,10-11,14,16-18H2,1H3. The fraction of sp³-hybridized carbons (Fsp3) is 0.467. The molecule has 1 aliphatic heterocycles. The molecule has 8 heteroatoms. The summed E-state index contributed by atoms with van der Waals surface area (Å²) in [4.78, 5) is 15.3. The lowest BCUT2D eigenvalue weighted by Crippen LogP contribution is -2.27. The number of hydrogen-bond acceptors (Lipinski definition) is 5. The molecule has 6 rings (SSSR count). The van der Waals surface area contributed by atoms with Crippen molar-refractivity contribution >= 4 is 23.2 Å². The predicted octanol–water partition coefficient (Wildman–Crippen LogP) is 5.67. The van der Waals surface area contributed by atoms with Crippen molar-refractivity contribution in [1.82, 2.24) is 20.1 Å². The highest BCUT2D eigenvalue weighted by Crippen LogP contribution is 2.38. The smallest absolute Gasteiger partial charge is 0.258 e. The van der Waals surface area contributed by atoms with Crippen LogP contribution in [0.2, 0.25) is 5.02 Å². The van der Waals surface area contributed by atoms with Crippen LogP contribution in [0.15, 0.2) is 36.4 Å². The van der Waals surface area contributed by atoms with Crippen LogP contribution in [-0.2, 0) is 26.6 Å². The summed E-state index contributed by atoms with van der Waals surface area (Å²) >= 11 is 6.66. The van der Waals surface area contributed by atoms with E-state index in [1.807, 2.05) is 43.4 Å². The molecule has 3 aliphatic rings. The van der Waals surface area contributed by atoms with Crippen molar-refractivity contribution < 1.29 is 4.79 Å². The van der Waals surface area contributed by atoms with Gasteiger partial charge in [-0.15, -0.1) is 10.2 Å². The maximum Gasteiger partial charge on any atom is 0.258 e. The van der Waals surface area contributed by atoms with Crippen LogP contribution >= 0.6 is 11.6 Å². The van der Waals surface area contributed by atoms with E-state index in [1.54, 1.807) is 4.90 Å². The highest BCUT2D eigenvalue weighted by atomic mass is 35.5. The maximum absolute atomic E-state index is 13.5. The molecule has 0 radical (unpaired) electrons. The van der Waals surface area contributed by atoms with Gasteiger partial charge in [0.25, 0.3) is 5.91 Å². The van der Waals surface area contributed by atoms with Crippen LogP contribution in [0.25, 0.3) is 11.4 Å². The van der Waals surface area contributed by atoms with E-state index in [2.05, 4.69) is 26.2 Å². The molecule has 2 aliphatic carbocycles. The number of carbonyl (C=O) groups is 1. The second kappa shape index (κ2) is 10.5. The number of halogens is 1. The van der Waals surface area contributed by atoms with E-state index in [4.69, 9.17) is 16.9 Å². The van der Waals surface area contributed by atoms with E-state index in [9.17, 15) is 4.79 Å². The van der Waals surface area contributed by atoms with Crippen LogP contribution in [0.5, 0.6) is 0 Å². The highest BCUT2D eigenvalue weighted by molar-refractivity contribution is 6.32. The molecule has 0 bridgehead atoms. The quantitative estimate of drug-likeness (QED) is 0.387. The van der Waals surface area contributed by atoms with Crippen LogP contribution in [0, 0.1) is 29.1 Å². The molecule has 0 atom stereocenters. The number of nitrogens with one attached hydrogen (secondary N) is 1. The van der Waals surface area contributed by atoms with Gasteiger partial charge in [-0.3, -0.25) is 4.79 Å². The van der Waals surface area contributed by atoms with E-state index in [0.717, 1.165) is 72.3 Å². The summed E-state index contributed by atoms with van der Waals surface area (Å²) in [5.41, 5.74) is 4.39. The first-order chi connectivity index (χ1) is 18.5. The summed E-state index contributed by atoms with van der Waals surface area (Å²) in [6.45, 7) is 2.20. The molecule has 1 N–H and O–H groups in total. The van der Waals surface area contributed by atoms with Crippen LogP contribution < -0.4 is 10.2 Å². The average molecular weight is 529 g/mol. The fourth-order valence-electron chi connectivity index (χ4n) is 6.05. The van der Waals surface area contributed by atoms with Gasteiger partial charge in [0.15, 0.2) is 5.82 Å². The molecule has 2 fully saturated rings. The Morgan fingerprint density at radius 1 is 1.13 bits per heavy atom. The number of aromatic nitrogens is 3. The van der Waals surface area contributed by atoms with Crippen molar-refractivity contribution in [3.8, 4) is 17.5 Å². The molecule has 38 heavy (non-hydrogen) atoms. The van der Waals surface area contributed by atoms with Gasteiger partial charge in [0.2, 0.25) is 0 Å². The molecule has 3 aromatic rings. The number of amides is 1. The Morgan fingerprint density at radius 3 is 2.74 bits per heavy atom. The SMILES string of the molecule is Cn1c(CC2CC(CC#N)C2)nnc1-c1cccc(N2Cc3c(Cl)cc(CNCC4CCC4)cc3C2=O)c1. The van der Waals surface area contributed by atoms with Crippen molar-refractivity contribution in [2.24, 2.45) is 24.8 Å². The minimum absolute atomic E-state index is 0.0181. The van der Waals surface area contributed by atoms with Gasteiger partial charge in [-0.05, 0) is 79.8 Å². The lowest BCUT2D eigenvalue weighted by atomic mass is 9.72. The number of carbonyl (C=O) groups excluding carboxylic acids is 1. The molecule has 2 heterocycles. The molecule has 7 nitrogen and oxygen atoms in total. The van der Waals surface area contributed by atoms with Crippen molar-refractivity contribution in [3.63, 3.8) is 0 Å². The van der Waals surface area contributed by atoms with Gasteiger partial charge in [0.1, 0.15) is 5.82 Å². The van der Waals surface area contributed by atoms with Gasteiger partial charge >= 0.3 is 0 Å². The van der Waals surface area contributed by atoms with Crippen LogP contribution in [0.3, 0.4) is 0 Å². The van der Waals surface area contributed by atoms with E-state index >= 15 is 0 Å². The minimum atomic E-state index is -0.0181. The topological polar surface area (TPSA) is 86.8 Å². The summed E-state index contributed by atoms with van der Waals surface area (Å²) in [5.74, 6) is 3.62. The van der Waals surface area contributed by atoms with Gasteiger partial charge in [-0.25, -0.2) is 0 Å². The first-order valence-corrected chi connectivity index (χ1v) is 14.1. The van der Waals surface area contributed by atoms with Gasteiger partial charge in [-0.2, -0.15) is 5.26 Å². The van der Waals surface area contributed by atoms with Crippen LogP contribution in [0.1, 0.15) is 65.8 Å². The van der Waals surface area contributed by atoms with E-state index in [0.29, 0.717) is 35.4 Å². The lowest BCUT2D eigenvalue weighted by Gasteiger charge is -2.33. The molecular formula is C30H33ClN6O. The molecule has 1 aromatic heterocycles. The minimum Gasteiger partial charge on any atom is -0.314 e. The lowest BCUT2D eigenvalue weighted by molar-refractivity contribution is 0.0996. The number of benzene rings is 2.